The van der Waals surface area contributed by atoms with Gasteiger partial charge in [0.1, 0.15) is 5.54 Å². The first kappa shape index (κ1) is 13.8. The molecule has 17 heavy (non-hydrogen) atoms. The summed E-state index contributed by atoms with van der Waals surface area (Å²) in [6.45, 7) is 2.21. The third-order valence-electron chi connectivity index (χ3n) is 2.61. The van der Waals surface area contributed by atoms with Crippen molar-refractivity contribution in [2.75, 3.05) is 19.0 Å². The molecule has 1 aromatic carbocycles. The van der Waals surface area contributed by atoms with E-state index in [1.54, 1.807) is 38.3 Å². The molecule has 0 saturated heterocycles. The van der Waals surface area contributed by atoms with Gasteiger partial charge in [0.25, 0.3) is 0 Å². The second-order valence-corrected chi connectivity index (χ2v) is 4.51. The zero-order valence-electron chi connectivity index (χ0n) is 10.00. The first-order chi connectivity index (χ1) is 7.98. The lowest BCUT2D eigenvalue weighted by atomic mass is 9.97. The lowest BCUT2D eigenvalue weighted by Gasteiger charge is -2.28. The minimum Gasteiger partial charge on any atom is -0.385 e. The van der Waals surface area contributed by atoms with Gasteiger partial charge in [-0.05, 0) is 31.2 Å². The fourth-order valence-electron chi connectivity index (χ4n) is 1.41. The molecule has 3 N–H and O–H groups in total. The molecule has 1 aromatic rings. The molecule has 0 aliphatic carbocycles. The molecule has 0 aliphatic heterocycles. The number of anilines is 1. The third kappa shape index (κ3) is 3.91. The van der Waals surface area contributed by atoms with Crippen LogP contribution in [0.4, 0.5) is 5.69 Å². The molecule has 1 rings (SSSR count). The number of nitrogens with one attached hydrogen (secondary N) is 1. The zero-order valence-corrected chi connectivity index (χ0v) is 10.8. The van der Waals surface area contributed by atoms with Crippen molar-refractivity contribution in [3.63, 3.8) is 0 Å². The number of primary amides is 1. The van der Waals surface area contributed by atoms with Crippen molar-refractivity contribution in [2.45, 2.75) is 18.9 Å². The van der Waals surface area contributed by atoms with Crippen LogP contribution in [0.3, 0.4) is 0 Å². The molecular formula is C12H17ClN2O2. The number of methoxy groups -OCH3 is 1. The van der Waals surface area contributed by atoms with E-state index >= 15 is 0 Å². The van der Waals surface area contributed by atoms with Crippen LogP contribution < -0.4 is 11.1 Å². The van der Waals surface area contributed by atoms with Crippen LogP contribution in [0.25, 0.3) is 0 Å². The monoisotopic (exact) mass is 256 g/mol. The zero-order chi connectivity index (χ0) is 12.9. The number of rotatable bonds is 6. The van der Waals surface area contributed by atoms with Gasteiger partial charge in [-0.2, -0.15) is 0 Å². The van der Waals surface area contributed by atoms with Gasteiger partial charge in [0.15, 0.2) is 0 Å². The number of carbonyl (C=O) groups is 1. The summed E-state index contributed by atoms with van der Waals surface area (Å²) < 4.78 is 4.98. The summed E-state index contributed by atoms with van der Waals surface area (Å²) in [5, 5.41) is 3.75. The number of nitrogens with two attached hydrogens (primary N) is 1. The lowest BCUT2D eigenvalue weighted by molar-refractivity contribution is -0.122. The molecule has 0 bridgehead atoms. The highest BCUT2D eigenvalue weighted by atomic mass is 35.5. The van der Waals surface area contributed by atoms with Crippen molar-refractivity contribution in [2.24, 2.45) is 5.73 Å². The smallest absolute Gasteiger partial charge is 0.242 e. The first-order valence-corrected chi connectivity index (χ1v) is 5.68. The molecule has 4 nitrogen and oxygen atoms in total. The molecule has 0 heterocycles. The number of ether oxygens (including phenoxy) is 1. The van der Waals surface area contributed by atoms with Crippen molar-refractivity contribution < 1.29 is 9.53 Å². The normalized spacial score (nSPS) is 14.1. The van der Waals surface area contributed by atoms with Crippen LogP contribution in [0.2, 0.25) is 5.02 Å². The van der Waals surface area contributed by atoms with E-state index < -0.39 is 11.4 Å². The first-order valence-electron chi connectivity index (χ1n) is 5.30. The molecule has 1 atom stereocenters. The Bertz CT molecular complexity index is 381. The average Bonchev–Trinajstić information content (AvgIpc) is 2.29. The summed E-state index contributed by atoms with van der Waals surface area (Å²) in [6.07, 6.45) is 0.501. The minimum absolute atomic E-state index is 0.412. The van der Waals surface area contributed by atoms with Crippen LogP contribution in [0.5, 0.6) is 0 Å². The highest BCUT2D eigenvalue weighted by molar-refractivity contribution is 6.30. The van der Waals surface area contributed by atoms with Gasteiger partial charge < -0.3 is 15.8 Å². The largest absolute Gasteiger partial charge is 0.385 e. The van der Waals surface area contributed by atoms with Crippen LogP contribution in [0.15, 0.2) is 24.3 Å². The number of amides is 1. The van der Waals surface area contributed by atoms with E-state index in [1.807, 2.05) is 0 Å². The van der Waals surface area contributed by atoms with Crippen molar-refractivity contribution in [3.05, 3.63) is 29.3 Å². The molecular weight excluding hydrogens is 240 g/mol. The van der Waals surface area contributed by atoms with Gasteiger partial charge in [0, 0.05) is 30.8 Å². The van der Waals surface area contributed by atoms with E-state index in [-0.39, 0.29) is 0 Å². The van der Waals surface area contributed by atoms with E-state index in [0.29, 0.717) is 18.1 Å². The van der Waals surface area contributed by atoms with Crippen LogP contribution in [0.1, 0.15) is 13.3 Å². The van der Waals surface area contributed by atoms with Crippen LogP contribution in [-0.2, 0) is 9.53 Å². The van der Waals surface area contributed by atoms with Gasteiger partial charge in [-0.15, -0.1) is 0 Å². The van der Waals surface area contributed by atoms with E-state index in [0.717, 1.165) is 5.69 Å². The molecule has 0 fully saturated rings. The quantitative estimate of drug-likeness (QED) is 0.819. The standard InChI is InChI=1S/C12H17ClN2O2/c1-12(11(14)16,7-8-17-2)15-10-5-3-9(13)4-6-10/h3-6,15H,7-8H2,1-2H3,(H2,14,16). The average molecular weight is 257 g/mol. The Balaban J connectivity index is 2.79. The van der Waals surface area contributed by atoms with E-state index in [9.17, 15) is 4.79 Å². The van der Waals surface area contributed by atoms with Crippen molar-refractivity contribution in [1.82, 2.24) is 0 Å². The van der Waals surface area contributed by atoms with Crippen LogP contribution in [-0.4, -0.2) is 25.2 Å². The SMILES string of the molecule is COCCC(C)(Nc1ccc(Cl)cc1)C(N)=O. The number of benzene rings is 1. The van der Waals surface area contributed by atoms with Crippen LogP contribution >= 0.6 is 11.6 Å². The third-order valence-corrected chi connectivity index (χ3v) is 2.87. The van der Waals surface area contributed by atoms with Crippen molar-refractivity contribution in [3.8, 4) is 0 Å². The molecule has 1 amide bonds. The maximum atomic E-state index is 11.5. The summed E-state index contributed by atoms with van der Waals surface area (Å²) in [5.74, 6) is -0.412. The molecule has 0 radical (unpaired) electrons. The highest BCUT2D eigenvalue weighted by Gasteiger charge is 2.30. The summed E-state index contributed by atoms with van der Waals surface area (Å²) in [4.78, 5) is 11.5. The predicted molar refractivity (Wildman–Crippen MR) is 69.2 cm³/mol. The number of hydrogen-bond donors (Lipinski definition) is 2. The summed E-state index contributed by atoms with van der Waals surface area (Å²) >= 11 is 5.79. The van der Waals surface area contributed by atoms with Gasteiger partial charge in [0.05, 0.1) is 0 Å². The summed E-state index contributed by atoms with van der Waals surface area (Å²) in [5.41, 5.74) is 5.37. The molecule has 1 unspecified atom stereocenters. The molecule has 0 aliphatic rings. The Kier molecular flexibility index (Phi) is 4.78. The van der Waals surface area contributed by atoms with Crippen molar-refractivity contribution >= 4 is 23.2 Å². The van der Waals surface area contributed by atoms with Gasteiger partial charge in [-0.1, -0.05) is 11.6 Å². The number of halogens is 1. The Labute approximate surface area is 106 Å². The number of carbonyl (C=O) groups excluding carboxylic acids is 1. The van der Waals surface area contributed by atoms with Gasteiger partial charge in [-0.3, -0.25) is 4.79 Å². The van der Waals surface area contributed by atoms with Gasteiger partial charge in [0.2, 0.25) is 5.91 Å². The second kappa shape index (κ2) is 5.89. The lowest BCUT2D eigenvalue weighted by Crippen LogP contribution is -2.48. The van der Waals surface area contributed by atoms with Gasteiger partial charge >= 0.3 is 0 Å². The molecule has 5 heteroatoms. The Morgan fingerprint density at radius 3 is 2.53 bits per heavy atom. The molecule has 0 saturated carbocycles. The maximum Gasteiger partial charge on any atom is 0.242 e. The molecule has 94 valence electrons. The fraction of sp³-hybridized carbons (Fsp3) is 0.417. The number of hydrogen-bond acceptors (Lipinski definition) is 3. The Morgan fingerprint density at radius 2 is 2.06 bits per heavy atom. The minimum atomic E-state index is -0.830. The Morgan fingerprint density at radius 1 is 1.47 bits per heavy atom. The Hall–Kier alpha value is -1.26. The second-order valence-electron chi connectivity index (χ2n) is 4.07. The summed E-state index contributed by atoms with van der Waals surface area (Å²) in [7, 11) is 1.59. The molecule has 0 aromatic heterocycles. The topological polar surface area (TPSA) is 64.3 Å². The van der Waals surface area contributed by atoms with E-state index in [1.165, 1.54) is 0 Å². The predicted octanol–water partition coefficient (Wildman–Crippen LogP) is 2.03. The van der Waals surface area contributed by atoms with E-state index in [2.05, 4.69) is 5.32 Å². The summed E-state index contributed by atoms with van der Waals surface area (Å²) in [6, 6.07) is 7.11. The van der Waals surface area contributed by atoms with Crippen molar-refractivity contribution in [1.29, 1.82) is 0 Å². The molecule has 0 spiro atoms. The maximum absolute atomic E-state index is 11.5. The van der Waals surface area contributed by atoms with Crippen LogP contribution in [0, 0.1) is 0 Å². The fourth-order valence-corrected chi connectivity index (χ4v) is 1.53. The van der Waals surface area contributed by atoms with E-state index in [4.69, 9.17) is 22.1 Å². The van der Waals surface area contributed by atoms with Gasteiger partial charge in [-0.25, -0.2) is 0 Å². The highest BCUT2D eigenvalue weighted by Crippen LogP contribution is 2.20.